The van der Waals surface area contributed by atoms with Crippen LogP contribution in [0, 0.1) is 0 Å². The van der Waals surface area contributed by atoms with Crippen LogP contribution in [0.25, 0.3) is 0 Å². The Labute approximate surface area is 160 Å². The first-order valence-electron chi connectivity index (χ1n) is 9.73. The molecule has 2 saturated heterocycles. The molecule has 0 radical (unpaired) electrons. The van der Waals surface area contributed by atoms with Crippen LogP contribution in [0.2, 0.25) is 0 Å². The van der Waals surface area contributed by atoms with Crippen LogP contribution < -0.4 is 0 Å². The van der Waals surface area contributed by atoms with Gasteiger partial charge in [0.05, 0.1) is 6.10 Å². The number of hydrogen-bond donors (Lipinski definition) is 1. The lowest BCUT2D eigenvalue weighted by molar-refractivity contribution is 0.0376. The molecule has 5 heteroatoms. The molecule has 1 amide bonds. The fraction of sp³-hybridized carbons (Fsp3) is 0.409. The standard InChI is InChI=1S/C22H27N3O2/c26-21-17-23(15-18-7-3-1-4-8-18)16-20(21)24-11-13-25(14-12-24)22(27)19-9-5-2-6-10-19/h1-10,20-21,26H,11-17H2/t20-,21-/m1/s1. The minimum atomic E-state index is -0.329. The third-order valence-corrected chi connectivity index (χ3v) is 5.67. The van der Waals surface area contributed by atoms with Crippen LogP contribution in [0.3, 0.4) is 0 Å². The van der Waals surface area contributed by atoms with Crippen molar-refractivity contribution < 1.29 is 9.90 Å². The average Bonchev–Trinajstić information content (AvgIpc) is 3.09. The molecule has 2 atom stereocenters. The van der Waals surface area contributed by atoms with Crippen LogP contribution in [-0.2, 0) is 6.54 Å². The Morgan fingerprint density at radius 1 is 0.889 bits per heavy atom. The Morgan fingerprint density at radius 3 is 2.19 bits per heavy atom. The van der Waals surface area contributed by atoms with E-state index < -0.39 is 0 Å². The molecule has 0 saturated carbocycles. The van der Waals surface area contributed by atoms with Crippen molar-refractivity contribution in [1.29, 1.82) is 0 Å². The average molecular weight is 365 g/mol. The number of benzene rings is 2. The summed E-state index contributed by atoms with van der Waals surface area (Å²) in [7, 11) is 0. The summed E-state index contributed by atoms with van der Waals surface area (Å²) < 4.78 is 0. The van der Waals surface area contributed by atoms with E-state index in [1.54, 1.807) is 0 Å². The number of aliphatic hydroxyl groups is 1. The molecular formula is C22H27N3O2. The molecular weight excluding hydrogens is 338 g/mol. The van der Waals surface area contributed by atoms with Gasteiger partial charge in [0.1, 0.15) is 0 Å². The molecule has 1 N–H and O–H groups in total. The number of nitrogens with zero attached hydrogens (tertiary/aromatic N) is 3. The van der Waals surface area contributed by atoms with Crippen LogP contribution in [0.5, 0.6) is 0 Å². The van der Waals surface area contributed by atoms with Gasteiger partial charge in [0.2, 0.25) is 0 Å². The molecule has 5 nitrogen and oxygen atoms in total. The second kappa shape index (κ2) is 8.21. The monoisotopic (exact) mass is 365 g/mol. The van der Waals surface area contributed by atoms with Crippen molar-refractivity contribution in [2.45, 2.75) is 18.7 Å². The Morgan fingerprint density at radius 2 is 1.52 bits per heavy atom. The van der Waals surface area contributed by atoms with Gasteiger partial charge in [-0.3, -0.25) is 14.6 Å². The highest BCUT2D eigenvalue weighted by Crippen LogP contribution is 2.21. The molecule has 0 aliphatic carbocycles. The van der Waals surface area contributed by atoms with Crippen molar-refractivity contribution in [2.75, 3.05) is 39.3 Å². The number of rotatable bonds is 4. The summed E-state index contributed by atoms with van der Waals surface area (Å²) in [6, 6.07) is 20.0. The largest absolute Gasteiger partial charge is 0.390 e. The Hall–Kier alpha value is -2.21. The fourth-order valence-electron chi connectivity index (χ4n) is 4.20. The normalized spacial score (nSPS) is 24.3. The van der Waals surface area contributed by atoms with Gasteiger partial charge in [0.15, 0.2) is 0 Å². The molecule has 2 aliphatic heterocycles. The third kappa shape index (κ3) is 4.21. The number of carbonyl (C=O) groups excluding carboxylic acids is 1. The Bertz CT molecular complexity index is 745. The maximum atomic E-state index is 12.6. The zero-order chi connectivity index (χ0) is 18.6. The number of likely N-dealkylation sites (tertiary alicyclic amines) is 1. The highest BCUT2D eigenvalue weighted by Gasteiger charge is 2.37. The quantitative estimate of drug-likeness (QED) is 0.896. The van der Waals surface area contributed by atoms with E-state index in [9.17, 15) is 9.90 Å². The van der Waals surface area contributed by atoms with Crippen molar-refractivity contribution in [3.8, 4) is 0 Å². The van der Waals surface area contributed by atoms with Gasteiger partial charge in [-0.05, 0) is 17.7 Å². The summed E-state index contributed by atoms with van der Waals surface area (Å²) >= 11 is 0. The maximum Gasteiger partial charge on any atom is 0.253 e. The van der Waals surface area contributed by atoms with Gasteiger partial charge >= 0.3 is 0 Å². The minimum Gasteiger partial charge on any atom is -0.390 e. The predicted octanol–water partition coefficient (Wildman–Crippen LogP) is 1.69. The smallest absolute Gasteiger partial charge is 0.253 e. The fourth-order valence-corrected chi connectivity index (χ4v) is 4.20. The molecule has 2 aliphatic rings. The molecule has 27 heavy (non-hydrogen) atoms. The van der Waals surface area contributed by atoms with Crippen molar-refractivity contribution in [3.05, 3.63) is 71.8 Å². The SMILES string of the molecule is O=C(c1ccccc1)N1CCN([C@@H]2CN(Cc3ccccc3)C[C@H]2O)CC1. The first-order chi connectivity index (χ1) is 13.2. The molecule has 0 bridgehead atoms. The van der Waals surface area contributed by atoms with Gasteiger partial charge in [-0.15, -0.1) is 0 Å². The molecule has 0 spiro atoms. The highest BCUT2D eigenvalue weighted by atomic mass is 16.3. The summed E-state index contributed by atoms with van der Waals surface area (Å²) in [4.78, 5) is 19.2. The number of β-amino-alcohol motifs (C(OH)–C–C–N with tert-alkyl or cyclic N) is 1. The van der Waals surface area contributed by atoms with Crippen molar-refractivity contribution in [2.24, 2.45) is 0 Å². The predicted molar refractivity (Wildman–Crippen MR) is 105 cm³/mol. The van der Waals surface area contributed by atoms with Crippen LogP contribution in [0.15, 0.2) is 60.7 Å². The van der Waals surface area contributed by atoms with Gasteiger partial charge in [0, 0.05) is 57.4 Å². The van der Waals surface area contributed by atoms with E-state index in [1.807, 2.05) is 41.3 Å². The highest BCUT2D eigenvalue weighted by molar-refractivity contribution is 5.94. The van der Waals surface area contributed by atoms with Crippen molar-refractivity contribution in [1.82, 2.24) is 14.7 Å². The van der Waals surface area contributed by atoms with E-state index in [0.29, 0.717) is 6.54 Å². The third-order valence-electron chi connectivity index (χ3n) is 5.67. The summed E-state index contributed by atoms with van der Waals surface area (Å²) in [5.41, 5.74) is 2.03. The molecule has 2 fully saturated rings. The maximum absolute atomic E-state index is 12.6. The van der Waals surface area contributed by atoms with Crippen molar-refractivity contribution in [3.63, 3.8) is 0 Å². The minimum absolute atomic E-state index is 0.105. The Kier molecular flexibility index (Phi) is 5.53. The topological polar surface area (TPSA) is 47.0 Å². The molecule has 2 aromatic carbocycles. The lowest BCUT2D eigenvalue weighted by Gasteiger charge is -2.38. The second-order valence-corrected chi connectivity index (χ2v) is 7.51. The summed E-state index contributed by atoms with van der Waals surface area (Å²) in [6.45, 7) is 5.54. The number of aliphatic hydroxyl groups excluding tert-OH is 1. The van der Waals surface area contributed by atoms with E-state index in [2.05, 4.69) is 34.1 Å². The van der Waals surface area contributed by atoms with E-state index in [0.717, 1.165) is 44.8 Å². The van der Waals surface area contributed by atoms with E-state index in [1.165, 1.54) is 5.56 Å². The summed E-state index contributed by atoms with van der Waals surface area (Å²) in [5.74, 6) is 0.105. The van der Waals surface area contributed by atoms with E-state index in [-0.39, 0.29) is 18.1 Å². The zero-order valence-electron chi connectivity index (χ0n) is 15.6. The van der Waals surface area contributed by atoms with Crippen LogP contribution in [-0.4, -0.2) is 77.1 Å². The van der Waals surface area contributed by atoms with Gasteiger partial charge in [0.25, 0.3) is 5.91 Å². The number of piperazine rings is 1. The van der Waals surface area contributed by atoms with Gasteiger partial charge in [-0.1, -0.05) is 48.5 Å². The van der Waals surface area contributed by atoms with E-state index >= 15 is 0 Å². The number of amides is 1. The Balaban J connectivity index is 1.31. The number of hydrogen-bond acceptors (Lipinski definition) is 4. The van der Waals surface area contributed by atoms with E-state index in [4.69, 9.17) is 0 Å². The molecule has 0 unspecified atom stereocenters. The molecule has 4 rings (SSSR count). The lowest BCUT2D eigenvalue weighted by Crippen LogP contribution is -2.54. The zero-order valence-corrected chi connectivity index (χ0v) is 15.6. The van der Waals surface area contributed by atoms with Gasteiger partial charge in [-0.2, -0.15) is 0 Å². The second-order valence-electron chi connectivity index (χ2n) is 7.51. The molecule has 142 valence electrons. The first-order valence-corrected chi connectivity index (χ1v) is 9.73. The van der Waals surface area contributed by atoms with Crippen LogP contribution in [0.1, 0.15) is 15.9 Å². The van der Waals surface area contributed by atoms with Crippen molar-refractivity contribution >= 4 is 5.91 Å². The molecule has 2 heterocycles. The molecule has 2 aromatic rings. The van der Waals surface area contributed by atoms with Crippen LogP contribution >= 0.6 is 0 Å². The first kappa shape index (κ1) is 18.2. The summed E-state index contributed by atoms with van der Waals surface area (Å²) in [6.07, 6.45) is -0.329. The van der Waals surface area contributed by atoms with Crippen LogP contribution in [0.4, 0.5) is 0 Å². The molecule has 0 aromatic heterocycles. The summed E-state index contributed by atoms with van der Waals surface area (Å²) in [5, 5.41) is 10.6. The van der Waals surface area contributed by atoms with Gasteiger partial charge < -0.3 is 10.0 Å². The lowest BCUT2D eigenvalue weighted by atomic mass is 10.1. The number of carbonyl (C=O) groups is 1. The van der Waals surface area contributed by atoms with Gasteiger partial charge in [-0.25, -0.2) is 0 Å².